The van der Waals surface area contributed by atoms with Gasteiger partial charge in [-0.05, 0) is 38.4 Å². The van der Waals surface area contributed by atoms with E-state index < -0.39 is 0 Å². The monoisotopic (exact) mass is 186 g/mol. The molecule has 0 aromatic carbocycles. The molecule has 0 spiro atoms. The van der Waals surface area contributed by atoms with Gasteiger partial charge in [0.1, 0.15) is 0 Å². The molecule has 2 nitrogen and oxygen atoms in total. The molecular weight excluding hydrogens is 168 g/mol. The normalized spacial score (nSPS) is 30.5. The van der Waals surface area contributed by atoms with E-state index in [9.17, 15) is 0 Å². The van der Waals surface area contributed by atoms with E-state index in [1.165, 1.54) is 44.0 Å². The number of hydrogen-bond acceptors (Lipinski definition) is 3. The number of hydrogen-bond donors (Lipinski definition) is 2. The van der Waals surface area contributed by atoms with E-state index in [-0.39, 0.29) is 0 Å². The van der Waals surface area contributed by atoms with Gasteiger partial charge in [0.25, 0.3) is 0 Å². The maximum atomic E-state index is 3.60. The van der Waals surface area contributed by atoms with Gasteiger partial charge >= 0.3 is 0 Å². The van der Waals surface area contributed by atoms with Crippen LogP contribution in [0.2, 0.25) is 0 Å². The third-order valence-corrected chi connectivity index (χ3v) is 4.06. The van der Waals surface area contributed by atoms with E-state index in [0.29, 0.717) is 0 Å². The zero-order valence-corrected chi connectivity index (χ0v) is 8.33. The third-order valence-electron chi connectivity index (χ3n) is 2.79. The smallest absolute Gasteiger partial charge is 0.0248 e. The second-order valence-electron chi connectivity index (χ2n) is 3.84. The Morgan fingerprint density at radius 1 is 1.42 bits per heavy atom. The molecule has 2 rings (SSSR count). The first-order valence-corrected chi connectivity index (χ1v) is 6.12. The maximum Gasteiger partial charge on any atom is 0.0248 e. The molecule has 2 aliphatic rings. The highest BCUT2D eigenvalue weighted by Gasteiger charge is 2.18. The molecule has 0 bridgehead atoms. The van der Waals surface area contributed by atoms with Crippen LogP contribution in [-0.2, 0) is 0 Å². The SMILES string of the molecule is C1CC(CCNC2CSC2)CN1. The van der Waals surface area contributed by atoms with Crippen LogP contribution in [0.15, 0.2) is 0 Å². The molecule has 0 aromatic rings. The topological polar surface area (TPSA) is 24.1 Å². The average Bonchev–Trinajstić information content (AvgIpc) is 2.46. The summed E-state index contributed by atoms with van der Waals surface area (Å²) in [5.74, 6) is 3.62. The number of rotatable bonds is 4. The Bertz CT molecular complexity index is 130. The molecule has 0 amide bonds. The van der Waals surface area contributed by atoms with Crippen molar-refractivity contribution in [1.29, 1.82) is 0 Å². The predicted molar refractivity (Wildman–Crippen MR) is 54.7 cm³/mol. The number of thioether (sulfide) groups is 1. The number of nitrogens with one attached hydrogen (secondary N) is 2. The minimum absolute atomic E-state index is 0.837. The summed E-state index contributed by atoms with van der Waals surface area (Å²) < 4.78 is 0. The van der Waals surface area contributed by atoms with Gasteiger partial charge < -0.3 is 10.6 Å². The van der Waals surface area contributed by atoms with Crippen LogP contribution >= 0.6 is 11.8 Å². The third kappa shape index (κ3) is 2.38. The van der Waals surface area contributed by atoms with Gasteiger partial charge in [-0.15, -0.1) is 0 Å². The molecule has 2 aliphatic heterocycles. The fourth-order valence-corrected chi connectivity index (χ4v) is 2.51. The van der Waals surface area contributed by atoms with E-state index in [0.717, 1.165) is 12.0 Å². The molecule has 0 saturated carbocycles. The molecule has 3 heteroatoms. The van der Waals surface area contributed by atoms with Crippen molar-refractivity contribution in [2.45, 2.75) is 18.9 Å². The van der Waals surface area contributed by atoms with E-state index in [1.807, 2.05) is 0 Å². The van der Waals surface area contributed by atoms with Crippen molar-refractivity contribution >= 4 is 11.8 Å². The Hall–Kier alpha value is 0.270. The summed E-state index contributed by atoms with van der Waals surface area (Å²) in [6.07, 6.45) is 2.76. The van der Waals surface area contributed by atoms with Crippen LogP contribution < -0.4 is 10.6 Å². The molecule has 2 saturated heterocycles. The predicted octanol–water partition coefficient (Wildman–Crippen LogP) is 0.691. The lowest BCUT2D eigenvalue weighted by atomic mass is 10.1. The van der Waals surface area contributed by atoms with Crippen molar-refractivity contribution < 1.29 is 0 Å². The summed E-state index contributed by atoms with van der Waals surface area (Å²) in [6, 6.07) is 0.837. The highest BCUT2D eigenvalue weighted by atomic mass is 32.2. The summed E-state index contributed by atoms with van der Waals surface area (Å²) in [5, 5.41) is 7.00. The Balaban J connectivity index is 1.49. The van der Waals surface area contributed by atoms with E-state index >= 15 is 0 Å². The van der Waals surface area contributed by atoms with Crippen LogP contribution in [0.25, 0.3) is 0 Å². The van der Waals surface area contributed by atoms with Gasteiger partial charge in [0, 0.05) is 17.5 Å². The lowest BCUT2D eigenvalue weighted by Gasteiger charge is -2.26. The highest BCUT2D eigenvalue weighted by Crippen LogP contribution is 2.17. The minimum atomic E-state index is 0.837. The zero-order valence-electron chi connectivity index (χ0n) is 7.51. The lowest BCUT2D eigenvalue weighted by Crippen LogP contribution is -2.41. The van der Waals surface area contributed by atoms with Gasteiger partial charge in [0.15, 0.2) is 0 Å². The zero-order chi connectivity index (χ0) is 8.23. The van der Waals surface area contributed by atoms with Gasteiger partial charge in [-0.2, -0.15) is 11.8 Å². The summed E-state index contributed by atoms with van der Waals surface area (Å²) in [6.45, 7) is 3.72. The van der Waals surface area contributed by atoms with Gasteiger partial charge in [0.2, 0.25) is 0 Å². The van der Waals surface area contributed by atoms with Crippen molar-refractivity contribution in [3.05, 3.63) is 0 Å². The first-order valence-electron chi connectivity index (χ1n) is 4.97. The minimum Gasteiger partial charge on any atom is -0.316 e. The summed E-state index contributed by atoms with van der Waals surface area (Å²) in [7, 11) is 0. The van der Waals surface area contributed by atoms with Crippen LogP contribution in [0.4, 0.5) is 0 Å². The molecule has 1 unspecified atom stereocenters. The Kier molecular flexibility index (Phi) is 3.31. The lowest BCUT2D eigenvalue weighted by molar-refractivity contribution is 0.476. The standard InChI is InChI=1S/C9H18N2S/c1-3-10-5-8(1)2-4-11-9-6-12-7-9/h8-11H,1-7H2. The van der Waals surface area contributed by atoms with Crippen LogP contribution in [0.1, 0.15) is 12.8 Å². The second-order valence-corrected chi connectivity index (χ2v) is 4.91. The van der Waals surface area contributed by atoms with E-state index in [2.05, 4.69) is 22.4 Å². The summed E-state index contributed by atoms with van der Waals surface area (Å²) >= 11 is 2.05. The molecule has 2 heterocycles. The quantitative estimate of drug-likeness (QED) is 0.675. The molecule has 12 heavy (non-hydrogen) atoms. The van der Waals surface area contributed by atoms with Crippen LogP contribution in [-0.4, -0.2) is 37.2 Å². The highest BCUT2D eigenvalue weighted by molar-refractivity contribution is 8.00. The van der Waals surface area contributed by atoms with Gasteiger partial charge in [-0.1, -0.05) is 0 Å². The Morgan fingerprint density at radius 2 is 2.33 bits per heavy atom. The Morgan fingerprint density at radius 3 is 2.92 bits per heavy atom. The first-order chi connectivity index (χ1) is 5.95. The summed E-state index contributed by atoms with van der Waals surface area (Å²) in [5.41, 5.74) is 0. The van der Waals surface area contributed by atoms with Crippen LogP contribution in [0.3, 0.4) is 0 Å². The fraction of sp³-hybridized carbons (Fsp3) is 1.00. The van der Waals surface area contributed by atoms with Crippen molar-refractivity contribution in [2.24, 2.45) is 5.92 Å². The van der Waals surface area contributed by atoms with Crippen molar-refractivity contribution in [3.8, 4) is 0 Å². The molecule has 2 N–H and O–H groups in total. The van der Waals surface area contributed by atoms with Crippen molar-refractivity contribution in [2.75, 3.05) is 31.1 Å². The molecule has 0 aliphatic carbocycles. The maximum absolute atomic E-state index is 3.60. The van der Waals surface area contributed by atoms with Gasteiger partial charge in [-0.3, -0.25) is 0 Å². The fourth-order valence-electron chi connectivity index (χ4n) is 1.81. The second kappa shape index (κ2) is 4.49. The van der Waals surface area contributed by atoms with Gasteiger partial charge in [-0.25, -0.2) is 0 Å². The van der Waals surface area contributed by atoms with Gasteiger partial charge in [0.05, 0.1) is 0 Å². The van der Waals surface area contributed by atoms with Crippen LogP contribution in [0, 0.1) is 5.92 Å². The van der Waals surface area contributed by atoms with E-state index in [1.54, 1.807) is 0 Å². The molecule has 0 aromatic heterocycles. The average molecular weight is 186 g/mol. The van der Waals surface area contributed by atoms with Crippen molar-refractivity contribution in [1.82, 2.24) is 10.6 Å². The van der Waals surface area contributed by atoms with Crippen LogP contribution in [0.5, 0.6) is 0 Å². The first kappa shape index (κ1) is 8.85. The van der Waals surface area contributed by atoms with E-state index in [4.69, 9.17) is 0 Å². The summed E-state index contributed by atoms with van der Waals surface area (Å²) in [4.78, 5) is 0. The molecule has 1 atom stereocenters. The molecule has 0 radical (unpaired) electrons. The van der Waals surface area contributed by atoms with Crippen molar-refractivity contribution in [3.63, 3.8) is 0 Å². The molecule has 70 valence electrons. The Labute approximate surface area is 78.9 Å². The molecule has 2 fully saturated rings. The molecular formula is C9H18N2S. The largest absolute Gasteiger partial charge is 0.316 e.